The monoisotopic (exact) mass is 296 g/mol. The number of hydrogen-bond acceptors (Lipinski definition) is 3. The Kier molecular flexibility index (Phi) is 8.31. The standard InChI is InChI=1S/C15H28N4O2/c1-4-6-7-10-17-14(16-3)18-13-8-11-19(12-9-13)15(20)21-5-2/h4,6,13H,5,7-12H2,1-3H3,(H2,16,17,18). The molecule has 0 aromatic rings. The number of guanidine groups is 1. The van der Waals surface area contributed by atoms with Crippen LogP contribution < -0.4 is 10.6 Å². The van der Waals surface area contributed by atoms with Crippen molar-refractivity contribution in [3.63, 3.8) is 0 Å². The molecule has 0 aromatic carbocycles. The highest BCUT2D eigenvalue weighted by molar-refractivity contribution is 5.80. The van der Waals surface area contributed by atoms with Crippen LogP contribution in [0, 0.1) is 0 Å². The van der Waals surface area contributed by atoms with Gasteiger partial charge in [-0.25, -0.2) is 4.79 Å². The van der Waals surface area contributed by atoms with Crippen LogP contribution in [-0.4, -0.2) is 56.3 Å². The number of ether oxygens (including phenoxy) is 1. The SMILES string of the molecule is CC=CCCNC(=NC)NC1CCN(C(=O)OCC)CC1. The summed E-state index contributed by atoms with van der Waals surface area (Å²) in [7, 11) is 1.78. The maximum absolute atomic E-state index is 11.6. The molecule has 0 bridgehead atoms. The van der Waals surface area contributed by atoms with Gasteiger partial charge in [-0.1, -0.05) is 12.2 Å². The van der Waals surface area contributed by atoms with E-state index >= 15 is 0 Å². The molecule has 0 saturated carbocycles. The van der Waals surface area contributed by atoms with E-state index in [2.05, 4.69) is 21.7 Å². The summed E-state index contributed by atoms with van der Waals surface area (Å²) in [4.78, 5) is 17.6. The Morgan fingerprint density at radius 1 is 1.43 bits per heavy atom. The first-order chi connectivity index (χ1) is 10.2. The van der Waals surface area contributed by atoms with Gasteiger partial charge in [-0.05, 0) is 33.1 Å². The smallest absolute Gasteiger partial charge is 0.409 e. The Hall–Kier alpha value is -1.72. The number of carbonyl (C=O) groups is 1. The van der Waals surface area contributed by atoms with Crippen molar-refractivity contribution in [2.24, 2.45) is 4.99 Å². The third kappa shape index (κ3) is 6.51. The Bertz CT molecular complexity index is 361. The fraction of sp³-hybridized carbons (Fsp3) is 0.733. The second kappa shape index (κ2) is 10.1. The van der Waals surface area contributed by atoms with Crippen LogP contribution in [0.4, 0.5) is 4.79 Å². The quantitative estimate of drug-likeness (QED) is 0.351. The number of carbonyl (C=O) groups excluding carboxylic acids is 1. The number of aliphatic imine (C=N–C) groups is 1. The maximum Gasteiger partial charge on any atom is 0.409 e. The topological polar surface area (TPSA) is 66.0 Å². The van der Waals surface area contributed by atoms with E-state index in [1.54, 1.807) is 11.9 Å². The molecule has 1 rings (SSSR count). The number of hydrogen-bond donors (Lipinski definition) is 2. The van der Waals surface area contributed by atoms with Gasteiger partial charge in [0.15, 0.2) is 5.96 Å². The summed E-state index contributed by atoms with van der Waals surface area (Å²) >= 11 is 0. The van der Waals surface area contributed by atoms with Crippen LogP contribution in [0.5, 0.6) is 0 Å². The predicted molar refractivity (Wildman–Crippen MR) is 85.5 cm³/mol. The van der Waals surface area contributed by atoms with Crippen molar-refractivity contribution in [3.05, 3.63) is 12.2 Å². The van der Waals surface area contributed by atoms with Crippen molar-refractivity contribution in [2.75, 3.05) is 33.3 Å². The van der Waals surface area contributed by atoms with Gasteiger partial charge in [-0.15, -0.1) is 0 Å². The summed E-state index contributed by atoms with van der Waals surface area (Å²) < 4.78 is 5.02. The van der Waals surface area contributed by atoms with E-state index in [1.165, 1.54) is 0 Å². The molecule has 1 fully saturated rings. The summed E-state index contributed by atoms with van der Waals surface area (Å²) in [5.74, 6) is 0.828. The number of nitrogens with one attached hydrogen (secondary N) is 2. The van der Waals surface area contributed by atoms with Crippen LogP contribution >= 0.6 is 0 Å². The van der Waals surface area contributed by atoms with Crippen LogP contribution in [-0.2, 0) is 4.74 Å². The fourth-order valence-electron chi connectivity index (χ4n) is 2.25. The first-order valence-corrected chi connectivity index (χ1v) is 7.71. The molecule has 120 valence electrons. The van der Waals surface area contributed by atoms with E-state index in [0.717, 1.165) is 44.9 Å². The third-order valence-electron chi connectivity index (χ3n) is 3.42. The summed E-state index contributed by atoms with van der Waals surface area (Å²) in [5, 5.41) is 6.70. The molecule has 0 aromatic heterocycles. The van der Waals surface area contributed by atoms with Crippen LogP contribution in [0.25, 0.3) is 0 Å². The van der Waals surface area contributed by atoms with Gasteiger partial charge in [0.2, 0.25) is 0 Å². The van der Waals surface area contributed by atoms with Crippen LogP contribution in [0.2, 0.25) is 0 Å². The van der Waals surface area contributed by atoms with Crippen molar-refractivity contribution >= 4 is 12.1 Å². The van der Waals surface area contributed by atoms with E-state index in [9.17, 15) is 4.79 Å². The molecule has 21 heavy (non-hydrogen) atoms. The van der Waals surface area contributed by atoms with Gasteiger partial charge < -0.3 is 20.3 Å². The van der Waals surface area contributed by atoms with Crippen LogP contribution in [0.15, 0.2) is 17.1 Å². The molecule has 1 heterocycles. The Morgan fingerprint density at radius 3 is 2.71 bits per heavy atom. The van der Waals surface area contributed by atoms with Crippen molar-refractivity contribution in [1.29, 1.82) is 0 Å². The van der Waals surface area contributed by atoms with Gasteiger partial charge in [0, 0.05) is 32.7 Å². The highest BCUT2D eigenvalue weighted by atomic mass is 16.6. The van der Waals surface area contributed by atoms with E-state index in [-0.39, 0.29) is 6.09 Å². The second-order valence-electron chi connectivity index (χ2n) is 4.96. The summed E-state index contributed by atoms with van der Waals surface area (Å²) in [6.45, 7) is 6.60. The molecule has 0 unspecified atom stereocenters. The molecule has 1 aliphatic rings. The average molecular weight is 296 g/mol. The summed E-state index contributed by atoms with van der Waals surface area (Å²) in [6, 6.07) is 0.351. The maximum atomic E-state index is 11.6. The van der Waals surface area contributed by atoms with Crippen molar-refractivity contribution in [2.45, 2.75) is 39.2 Å². The number of piperidine rings is 1. The molecule has 1 saturated heterocycles. The Morgan fingerprint density at radius 2 is 2.14 bits per heavy atom. The minimum Gasteiger partial charge on any atom is -0.450 e. The van der Waals surface area contributed by atoms with Crippen molar-refractivity contribution < 1.29 is 9.53 Å². The first kappa shape index (κ1) is 17.3. The summed E-state index contributed by atoms with van der Waals surface area (Å²) in [5.41, 5.74) is 0. The highest BCUT2D eigenvalue weighted by Crippen LogP contribution is 2.11. The lowest BCUT2D eigenvalue weighted by molar-refractivity contribution is 0.0963. The highest BCUT2D eigenvalue weighted by Gasteiger charge is 2.23. The fourth-order valence-corrected chi connectivity index (χ4v) is 2.25. The third-order valence-corrected chi connectivity index (χ3v) is 3.42. The first-order valence-electron chi connectivity index (χ1n) is 7.71. The number of rotatable bonds is 5. The molecule has 0 aliphatic carbocycles. The minimum atomic E-state index is -0.204. The van der Waals surface area contributed by atoms with Crippen molar-refractivity contribution in [3.8, 4) is 0 Å². The van der Waals surface area contributed by atoms with Crippen LogP contribution in [0.1, 0.15) is 33.1 Å². The zero-order valence-electron chi connectivity index (χ0n) is 13.4. The van der Waals surface area contributed by atoms with Crippen LogP contribution in [0.3, 0.4) is 0 Å². The van der Waals surface area contributed by atoms with Gasteiger partial charge in [0.05, 0.1) is 6.61 Å². The average Bonchev–Trinajstić information content (AvgIpc) is 2.51. The van der Waals surface area contributed by atoms with E-state index in [1.807, 2.05) is 19.9 Å². The zero-order valence-corrected chi connectivity index (χ0v) is 13.4. The molecule has 2 N–H and O–H groups in total. The molecular formula is C15H28N4O2. The minimum absolute atomic E-state index is 0.204. The molecule has 1 aliphatic heterocycles. The lowest BCUT2D eigenvalue weighted by atomic mass is 10.1. The number of allylic oxidation sites excluding steroid dienone is 1. The molecule has 1 amide bonds. The normalized spacial score (nSPS) is 17.1. The van der Waals surface area contributed by atoms with E-state index in [4.69, 9.17) is 4.74 Å². The van der Waals surface area contributed by atoms with Gasteiger partial charge in [0.1, 0.15) is 0 Å². The van der Waals surface area contributed by atoms with Gasteiger partial charge in [0.25, 0.3) is 0 Å². The van der Waals surface area contributed by atoms with Gasteiger partial charge in [-0.3, -0.25) is 4.99 Å². The lowest BCUT2D eigenvalue weighted by Crippen LogP contribution is -2.50. The van der Waals surface area contributed by atoms with E-state index < -0.39 is 0 Å². The predicted octanol–water partition coefficient (Wildman–Crippen LogP) is 1.74. The number of nitrogens with zero attached hydrogens (tertiary/aromatic N) is 2. The molecular weight excluding hydrogens is 268 g/mol. The number of amides is 1. The molecule has 0 radical (unpaired) electrons. The van der Waals surface area contributed by atoms with E-state index in [0.29, 0.717) is 12.6 Å². The van der Waals surface area contributed by atoms with Crippen molar-refractivity contribution in [1.82, 2.24) is 15.5 Å². The second-order valence-corrected chi connectivity index (χ2v) is 4.96. The lowest BCUT2D eigenvalue weighted by Gasteiger charge is -2.32. The molecule has 0 spiro atoms. The molecule has 0 atom stereocenters. The summed E-state index contributed by atoms with van der Waals surface area (Å²) in [6.07, 6.45) is 6.77. The Balaban J connectivity index is 2.28. The zero-order chi connectivity index (χ0) is 15.5. The number of likely N-dealkylation sites (tertiary alicyclic amines) is 1. The van der Waals surface area contributed by atoms with Gasteiger partial charge in [-0.2, -0.15) is 0 Å². The Labute approximate surface area is 127 Å². The molecule has 6 nitrogen and oxygen atoms in total. The van der Waals surface area contributed by atoms with Gasteiger partial charge >= 0.3 is 6.09 Å². The molecule has 6 heteroatoms. The largest absolute Gasteiger partial charge is 0.450 e.